The van der Waals surface area contributed by atoms with E-state index in [1.165, 1.54) is 30.6 Å². The molecule has 1 unspecified atom stereocenters. The maximum absolute atomic E-state index is 14.5. The topological polar surface area (TPSA) is 106 Å². The molecule has 3 heterocycles. The van der Waals surface area contributed by atoms with Crippen LogP contribution in [0.1, 0.15) is 54.9 Å². The highest BCUT2D eigenvalue weighted by atomic mass is 32.2. The van der Waals surface area contributed by atoms with Crippen LogP contribution in [0.4, 0.5) is 8.78 Å². The van der Waals surface area contributed by atoms with Gasteiger partial charge in [0.15, 0.2) is 5.78 Å². The number of carbonyl (C=O) groups excluding carboxylic acids is 1. The van der Waals surface area contributed by atoms with Crippen molar-refractivity contribution in [1.29, 1.82) is 0 Å². The Bertz CT molecular complexity index is 1870. The zero-order valence-corrected chi connectivity index (χ0v) is 25.6. The molecule has 230 valence electrons. The summed E-state index contributed by atoms with van der Waals surface area (Å²) >= 11 is 0. The average Bonchev–Trinajstić information content (AvgIpc) is 3.60. The molecule has 44 heavy (non-hydrogen) atoms. The van der Waals surface area contributed by atoms with Crippen LogP contribution in [-0.4, -0.2) is 68.0 Å². The molecule has 0 saturated heterocycles. The van der Waals surface area contributed by atoms with Crippen molar-refractivity contribution in [2.45, 2.75) is 56.1 Å². The molecule has 2 aliphatic rings. The summed E-state index contributed by atoms with van der Waals surface area (Å²) in [6, 6.07) is 7.91. The number of ketones is 1. The molecule has 1 aromatic carbocycles. The van der Waals surface area contributed by atoms with Gasteiger partial charge in [-0.05, 0) is 87.4 Å². The highest BCUT2D eigenvalue weighted by Gasteiger charge is 2.51. The van der Waals surface area contributed by atoms with E-state index in [0.29, 0.717) is 23.4 Å². The van der Waals surface area contributed by atoms with E-state index in [9.17, 15) is 22.9 Å². The molecule has 0 amide bonds. The second-order valence-corrected chi connectivity index (χ2v) is 14.6. The fraction of sp³-hybridized carbons (Fsp3) is 0.344. The second kappa shape index (κ2) is 10.9. The second-order valence-electron chi connectivity index (χ2n) is 12.3. The van der Waals surface area contributed by atoms with Crippen LogP contribution in [0.3, 0.4) is 0 Å². The molecule has 6 rings (SSSR count). The number of rotatable bonds is 8. The Hall–Kier alpha value is -4.00. The lowest BCUT2D eigenvalue weighted by Crippen LogP contribution is -2.53. The van der Waals surface area contributed by atoms with Gasteiger partial charge in [-0.3, -0.25) is 14.5 Å². The molecule has 1 fully saturated rings. The highest BCUT2D eigenvalue weighted by Crippen LogP contribution is 2.51. The number of aromatic nitrogens is 5. The van der Waals surface area contributed by atoms with Crippen molar-refractivity contribution in [2.24, 2.45) is 12.5 Å². The summed E-state index contributed by atoms with van der Waals surface area (Å²) in [6.45, 7) is 3.31. The summed E-state index contributed by atoms with van der Waals surface area (Å²) in [4.78, 5) is 19.2. The van der Waals surface area contributed by atoms with Gasteiger partial charge in [0.2, 0.25) is 0 Å². The van der Waals surface area contributed by atoms with Gasteiger partial charge in [-0.2, -0.15) is 10.2 Å². The predicted molar refractivity (Wildman–Crippen MR) is 164 cm³/mol. The van der Waals surface area contributed by atoms with E-state index >= 15 is 0 Å². The minimum Gasteiger partial charge on any atom is -0.389 e. The monoisotopic (exact) mass is 620 g/mol. The van der Waals surface area contributed by atoms with Gasteiger partial charge in [-0.15, -0.1) is 0 Å². The fourth-order valence-corrected chi connectivity index (χ4v) is 8.43. The van der Waals surface area contributed by atoms with Gasteiger partial charge in [0.05, 0.1) is 49.4 Å². The zero-order valence-electron chi connectivity index (χ0n) is 24.8. The van der Waals surface area contributed by atoms with E-state index in [1.807, 2.05) is 6.08 Å². The Morgan fingerprint density at radius 2 is 1.93 bits per heavy atom. The number of Topliss-reactive ketones (excluding diaryl/α,β-unsaturated/α-hetero) is 1. The first-order chi connectivity index (χ1) is 20.8. The molecule has 0 radical (unpaired) electrons. The third kappa shape index (κ3) is 5.42. The van der Waals surface area contributed by atoms with Crippen molar-refractivity contribution in [3.05, 3.63) is 95.3 Å². The number of nitrogens with zero attached hydrogens (tertiary/aromatic N) is 6. The van der Waals surface area contributed by atoms with Gasteiger partial charge >= 0.3 is 0 Å². The number of allylic oxidation sites excluding steroid dienone is 1. The molecular formula is C32H34F2N6O3S. The quantitative estimate of drug-likeness (QED) is 0.231. The first kappa shape index (κ1) is 30.0. The highest BCUT2D eigenvalue weighted by molar-refractivity contribution is 7.98. The molecule has 1 saturated carbocycles. The standard InChI is InChI=1S/C32H34F2N6O3S/c1-31(2,42)20-39(44(4,43)27-18-36-38(3)19-27)26-8-5-22-13-29-21(17-37-40(29)25-9-6-23(33)7-10-25)15-32(22,16-26)30(41)28-14-24(34)11-12-35-28/h6-7,9-14,17-19,26,42H,4-5,8,15-16,20H2,1-3H3/t26-,32-,44?/m0/s1. The first-order valence-electron chi connectivity index (χ1n) is 14.3. The lowest BCUT2D eigenvalue weighted by Gasteiger charge is -2.48. The van der Waals surface area contributed by atoms with Gasteiger partial charge in [0.1, 0.15) is 17.3 Å². The van der Waals surface area contributed by atoms with Crippen LogP contribution in [0.15, 0.2) is 71.7 Å². The molecule has 0 bridgehead atoms. The van der Waals surface area contributed by atoms with Gasteiger partial charge < -0.3 is 5.11 Å². The molecule has 4 aromatic rings. The van der Waals surface area contributed by atoms with Crippen molar-refractivity contribution in [1.82, 2.24) is 28.9 Å². The molecular weight excluding hydrogens is 586 g/mol. The Balaban J connectivity index is 1.46. The molecule has 1 N–H and O–H groups in total. The molecule has 0 spiro atoms. The fourth-order valence-electron chi connectivity index (χ4n) is 6.45. The lowest BCUT2D eigenvalue weighted by atomic mass is 9.60. The van der Waals surface area contributed by atoms with Crippen LogP contribution < -0.4 is 0 Å². The normalized spacial score (nSPS) is 21.3. The van der Waals surface area contributed by atoms with Gasteiger partial charge in [-0.25, -0.2) is 22.0 Å². The molecule has 3 aromatic heterocycles. The maximum atomic E-state index is 14.5. The largest absolute Gasteiger partial charge is 0.389 e. The number of aryl methyl sites for hydroxylation is 1. The van der Waals surface area contributed by atoms with Crippen molar-refractivity contribution >= 4 is 27.4 Å². The summed E-state index contributed by atoms with van der Waals surface area (Å²) < 4.78 is 47.5. The minimum atomic E-state index is -3.13. The third-order valence-corrected chi connectivity index (χ3v) is 10.6. The molecule has 12 heteroatoms. The van der Waals surface area contributed by atoms with E-state index < -0.39 is 32.6 Å². The van der Waals surface area contributed by atoms with Crippen LogP contribution >= 0.6 is 0 Å². The van der Waals surface area contributed by atoms with E-state index in [0.717, 1.165) is 22.9 Å². The van der Waals surface area contributed by atoms with Crippen LogP contribution in [0.25, 0.3) is 11.8 Å². The smallest absolute Gasteiger partial charge is 0.191 e. The number of fused-ring (bicyclic) bond motifs is 2. The number of aliphatic hydroxyl groups is 1. The number of hydrogen-bond acceptors (Lipinski definition) is 6. The van der Waals surface area contributed by atoms with E-state index in [-0.39, 0.29) is 36.7 Å². The maximum Gasteiger partial charge on any atom is 0.191 e. The summed E-state index contributed by atoms with van der Waals surface area (Å²) in [5.74, 6) is 2.85. The van der Waals surface area contributed by atoms with Crippen LogP contribution in [0.2, 0.25) is 0 Å². The van der Waals surface area contributed by atoms with Crippen molar-refractivity contribution in [3.63, 3.8) is 0 Å². The van der Waals surface area contributed by atoms with Crippen LogP contribution in [0.5, 0.6) is 0 Å². The number of carbonyl (C=O) groups is 1. The molecule has 0 aliphatic heterocycles. The summed E-state index contributed by atoms with van der Waals surface area (Å²) in [5.41, 5.74) is 0.717. The van der Waals surface area contributed by atoms with Gasteiger partial charge in [0.25, 0.3) is 0 Å². The zero-order chi connectivity index (χ0) is 31.4. The van der Waals surface area contributed by atoms with Gasteiger partial charge in [0, 0.05) is 38.1 Å². The third-order valence-electron chi connectivity index (χ3n) is 8.47. The SMILES string of the molecule is C=S(=O)(c1cnn(C)c1)N(CC(C)(C)O)[C@H]1CCC2=Cc3c(cnn3-c3ccc(F)cc3)C[C@]2(C(=O)c2cc(F)ccn2)C1. The Labute approximate surface area is 255 Å². The first-order valence-corrected chi connectivity index (χ1v) is 16.0. The number of benzene rings is 1. The summed E-state index contributed by atoms with van der Waals surface area (Å²) in [7, 11) is -1.41. The van der Waals surface area contributed by atoms with Crippen LogP contribution in [0, 0.1) is 17.0 Å². The summed E-state index contributed by atoms with van der Waals surface area (Å²) in [5, 5.41) is 19.7. The molecule has 2 aliphatic carbocycles. The number of halogens is 2. The van der Waals surface area contributed by atoms with Crippen molar-refractivity contribution in [2.75, 3.05) is 6.54 Å². The summed E-state index contributed by atoms with van der Waals surface area (Å²) in [6.07, 6.45) is 9.55. The minimum absolute atomic E-state index is 0.00239. The lowest BCUT2D eigenvalue weighted by molar-refractivity contribution is 0.0400. The number of pyridine rings is 1. The van der Waals surface area contributed by atoms with Crippen LogP contribution in [-0.2, 0) is 23.2 Å². The van der Waals surface area contributed by atoms with E-state index in [1.54, 1.807) is 59.1 Å². The number of hydrogen-bond donors (Lipinski definition) is 1. The predicted octanol–water partition coefficient (Wildman–Crippen LogP) is 4.40. The van der Waals surface area contributed by atoms with Crippen molar-refractivity contribution in [3.8, 4) is 5.69 Å². The molecule has 3 atom stereocenters. The Morgan fingerprint density at radius 1 is 1.18 bits per heavy atom. The van der Waals surface area contributed by atoms with Crippen molar-refractivity contribution < 1.29 is 22.9 Å². The van der Waals surface area contributed by atoms with E-state index in [4.69, 9.17) is 0 Å². The Morgan fingerprint density at radius 3 is 2.59 bits per heavy atom. The Kier molecular flexibility index (Phi) is 7.42. The van der Waals surface area contributed by atoms with E-state index in [2.05, 4.69) is 21.1 Å². The average molecular weight is 621 g/mol. The van der Waals surface area contributed by atoms with Gasteiger partial charge in [-0.1, -0.05) is 5.57 Å². The molecule has 9 nitrogen and oxygen atoms in total.